The van der Waals surface area contributed by atoms with E-state index in [1.54, 1.807) is 7.11 Å². The third-order valence-electron chi connectivity index (χ3n) is 4.12. The molecule has 2 fully saturated rings. The van der Waals surface area contributed by atoms with Crippen molar-refractivity contribution in [2.45, 2.75) is 23.8 Å². The van der Waals surface area contributed by atoms with Crippen molar-refractivity contribution in [2.24, 2.45) is 5.73 Å². The molecule has 3 rings (SSSR count). The summed E-state index contributed by atoms with van der Waals surface area (Å²) in [5.41, 5.74) is 7.27. The van der Waals surface area contributed by atoms with Crippen LogP contribution in [-0.2, 0) is 10.2 Å². The molecule has 0 bridgehead atoms. The first-order valence-corrected chi connectivity index (χ1v) is 6.20. The predicted molar refractivity (Wildman–Crippen MR) is 66.7 cm³/mol. The van der Waals surface area contributed by atoms with Crippen LogP contribution in [0.15, 0.2) is 18.2 Å². The van der Waals surface area contributed by atoms with E-state index in [0.29, 0.717) is 13.2 Å². The monoisotopic (exact) mass is 253 g/mol. The molecule has 0 atom stereocenters. The average Bonchev–Trinajstić information content (AvgIpc) is 2.96. The molecule has 1 saturated heterocycles. The van der Waals surface area contributed by atoms with Crippen molar-refractivity contribution in [3.63, 3.8) is 0 Å². The van der Waals surface area contributed by atoms with Crippen molar-refractivity contribution in [1.29, 1.82) is 0 Å². The van der Waals surface area contributed by atoms with E-state index in [0.717, 1.165) is 29.2 Å². The van der Waals surface area contributed by atoms with Gasteiger partial charge in [-0.15, -0.1) is 0 Å². The molecule has 4 heteroatoms. The summed E-state index contributed by atoms with van der Waals surface area (Å²) in [4.78, 5) is 0. The minimum absolute atomic E-state index is 0.108. The summed E-state index contributed by atoms with van der Waals surface area (Å²) >= 11 is 6.09. The van der Waals surface area contributed by atoms with E-state index in [1.807, 2.05) is 18.2 Å². The Hall–Kier alpha value is -0.770. The summed E-state index contributed by atoms with van der Waals surface area (Å²) in [7, 11) is 1.68. The van der Waals surface area contributed by atoms with E-state index in [2.05, 4.69) is 0 Å². The summed E-state index contributed by atoms with van der Waals surface area (Å²) in [5, 5.41) is 0.719. The van der Waals surface area contributed by atoms with Crippen molar-refractivity contribution < 1.29 is 9.47 Å². The maximum absolute atomic E-state index is 6.41. The van der Waals surface area contributed by atoms with Gasteiger partial charge in [-0.3, -0.25) is 0 Å². The minimum atomic E-state index is -0.136. The van der Waals surface area contributed by atoms with Crippen LogP contribution < -0.4 is 10.5 Å². The van der Waals surface area contributed by atoms with Crippen LogP contribution in [0.2, 0.25) is 5.02 Å². The number of rotatable bonds is 3. The van der Waals surface area contributed by atoms with Crippen LogP contribution in [0.4, 0.5) is 0 Å². The lowest BCUT2D eigenvalue weighted by Gasteiger charge is -2.47. The molecular formula is C13H16ClNO2. The van der Waals surface area contributed by atoms with Gasteiger partial charge in [0.15, 0.2) is 0 Å². The quantitative estimate of drug-likeness (QED) is 0.897. The van der Waals surface area contributed by atoms with E-state index < -0.39 is 0 Å². The van der Waals surface area contributed by atoms with E-state index in [9.17, 15) is 0 Å². The van der Waals surface area contributed by atoms with Crippen LogP contribution in [0.1, 0.15) is 18.4 Å². The number of benzene rings is 1. The van der Waals surface area contributed by atoms with Gasteiger partial charge in [-0.05, 0) is 31.0 Å². The average molecular weight is 254 g/mol. The van der Waals surface area contributed by atoms with Gasteiger partial charge in [0.1, 0.15) is 5.75 Å². The zero-order valence-corrected chi connectivity index (χ0v) is 10.6. The Morgan fingerprint density at radius 1 is 1.35 bits per heavy atom. The molecule has 1 aliphatic carbocycles. The first-order valence-electron chi connectivity index (χ1n) is 5.82. The SMILES string of the molecule is COc1ccc(Cl)cc1C1(C2(N)CC2)COC1. The second-order valence-corrected chi connectivity index (χ2v) is 5.51. The highest BCUT2D eigenvalue weighted by molar-refractivity contribution is 6.30. The second kappa shape index (κ2) is 3.61. The molecule has 0 aromatic heterocycles. The van der Waals surface area contributed by atoms with E-state index in [4.69, 9.17) is 26.8 Å². The van der Waals surface area contributed by atoms with Crippen LogP contribution >= 0.6 is 11.6 Å². The van der Waals surface area contributed by atoms with Crippen LogP contribution in [0.25, 0.3) is 0 Å². The van der Waals surface area contributed by atoms with Gasteiger partial charge < -0.3 is 15.2 Å². The molecule has 3 nitrogen and oxygen atoms in total. The number of hydrogen-bond acceptors (Lipinski definition) is 3. The highest BCUT2D eigenvalue weighted by Gasteiger charge is 2.62. The van der Waals surface area contributed by atoms with Gasteiger partial charge >= 0.3 is 0 Å². The van der Waals surface area contributed by atoms with Crippen LogP contribution in [0.3, 0.4) is 0 Å². The molecular weight excluding hydrogens is 238 g/mol. The summed E-state index contributed by atoms with van der Waals surface area (Å²) in [5.74, 6) is 0.856. The van der Waals surface area contributed by atoms with Gasteiger partial charge in [-0.2, -0.15) is 0 Å². The van der Waals surface area contributed by atoms with Crippen molar-refractivity contribution in [1.82, 2.24) is 0 Å². The predicted octanol–water partition coefficient (Wildman–Crippen LogP) is 2.11. The molecule has 0 spiro atoms. The maximum atomic E-state index is 6.41. The molecule has 1 heterocycles. The number of methoxy groups -OCH3 is 1. The van der Waals surface area contributed by atoms with Crippen molar-refractivity contribution in [3.05, 3.63) is 28.8 Å². The zero-order valence-electron chi connectivity index (χ0n) is 9.83. The van der Waals surface area contributed by atoms with Crippen LogP contribution in [0.5, 0.6) is 5.75 Å². The molecule has 0 amide bonds. The Kier molecular flexibility index (Phi) is 2.41. The molecule has 0 radical (unpaired) electrons. The van der Waals surface area contributed by atoms with Crippen molar-refractivity contribution in [2.75, 3.05) is 20.3 Å². The number of halogens is 1. The first kappa shape index (κ1) is 11.3. The van der Waals surface area contributed by atoms with E-state index in [-0.39, 0.29) is 11.0 Å². The number of nitrogens with two attached hydrogens (primary N) is 1. The van der Waals surface area contributed by atoms with Gasteiger partial charge in [0.25, 0.3) is 0 Å². The molecule has 17 heavy (non-hydrogen) atoms. The van der Waals surface area contributed by atoms with Gasteiger partial charge in [0.05, 0.1) is 25.7 Å². The largest absolute Gasteiger partial charge is 0.496 e. The lowest BCUT2D eigenvalue weighted by molar-refractivity contribution is -0.0794. The topological polar surface area (TPSA) is 44.5 Å². The lowest BCUT2D eigenvalue weighted by Crippen LogP contribution is -2.60. The fraction of sp³-hybridized carbons (Fsp3) is 0.538. The molecule has 1 aromatic rings. The van der Waals surface area contributed by atoms with Crippen LogP contribution in [-0.4, -0.2) is 25.9 Å². The standard InChI is InChI=1S/C13H16ClNO2/c1-16-11-3-2-9(14)6-10(11)12(7-17-8-12)13(15)4-5-13/h2-3,6H,4-5,7-8,15H2,1H3. The van der Waals surface area contributed by atoms with E-state index in [1.165, 1.54) is 0 Å². The molecule has 2 N–H and O–H groups in total. The van der Waals surface area contributed by atoms with Gasteiger partial charge in [-0.25, -0.2) is 0 Å². The number of hydrogen-bond donors (Lipinski definition) is 1. The van der Waals surface area contributed by atoms with Crippen molar-refractivity contribution in [3.8, 4) is 5.75 Å². The molecule has 0 unspecified atom stereocenters. The Balaban J connectivity index is 2.10. The molecule has 1 aromatic carbocycles. The Morgan fingerprint density at radius 3 is 2.53 bits per heavy atom. The Morgan fingerprint density at radius 2 is 2.06 bits per heavy atom. The van der Waals surface area contributed by atoms with Gasteiger partial charge in [-0.1, -0.05) is 11.6 Å². The number of ether oxygens (including phenoxy) is 2. The maximum Gasteiger partial charge on any atom is 0.122 e. The van der Waals surface area contributed by atoms with Gasteiger partial charge in [0, 0.05) is 16.1 Å². The minimum Gasteiger partial charge on any atom is -0.496 e. The highest BCUT2D eigenvalue weighted by Crippen LogP contribution is 2.55. The Bertz CT molecular complexity index is 453. The van der Waals surface area contributed by atoms with E-state index >= 15 is 0 Å². The lowest BCUT2D eigenvalue weighted by atomic mass is 9.70. The summed E-state index contributed by atoms with van der Waals surface area (Å²) in [6.07, 6.45) is 2.10. The smallest absolute Gasteiger partial charge is 0.122 e. The molecule has 1 aliphatic heterocycles. The highest BCUT2D eigenvalue weighted by atomic mass is 35.5. The summed E-state index contributed by atoms with van der Waals surface area (Å²) in [6.45, 7) is 1.33. The summed E-state index contributed by atoms with van der Waals surface area (Å²) < 4.78 is 10.9. The Labute approximate surface area is 106 Å². The second-order valence-electron chi connectivity index (χ2n) is 5.08. The first-order chi connectivity index (χ1) is 8.11. The fourth-order valence-corrected chi connectivity index (χ4v) is 2.86. The third-order valence-corrected chi connectivity index (χ3v) is 4.35. The van der Waals surface area contributed by atoms with Crippen LogP contribution in [0, 0.1) is 0 Å². The molecule has 2 aliphatic rings. The molecule has 1 saturated carbocycles. The summed E-state index contributed by atoms with van der Waals surface area (Å²) in [6, 6.07) is 5.71. The van der Waals surface area contributed by atoms with Crippen molar-refractivity contribution >= 4 is 11.6 Å². The zero-order chi connectivity index (χ0) is 12.1. The fourth-order valence-electron chi connectivity index (χ4n) is 2.68. The van der Waals surface area contributed by atoms with Gasteiger partial charge in [0.2, 0.25) is 0 Å². The normalized spacial score (nSPS) is 23.9. The molecule has 92 valence electrons. The third kappa shape index (κ3) is 1.49.